The molecule has 0 amide bonds. The van der Waals surface area contributed by atoms with Gasteiger partial charge in [0.05, 0.1) is 11.2 Å². The van der Waals surface area contributed by atoms with Gasteiger partial charge in [-0.25, -0.2) is 0 Å². The van der Waals surface area contributed by atoms with E-state index in [9.17, 15) is 4.57 Å². The fraction of sp³-hybridized carbons (Fsp3) is 0.312. The average Bonchev–Trinajstić information content (AvgIpc) is 3.09. The van der Waals surface area contributed by atoms with Gasteiger partial charge in [0, 0.05) is 5.30 Å². The van der Waals surface area contributed by atoms with Crippen molar-refractivity contribution in [2.24, 2.45) is 0 Å². The highest BCUT2D eigenvalue weighted by Crippen LogP contribution is 2.40. The van der Waals surface area contributed by atoms with Gasteiger partial charge in [0.2, 0.25) is 0 Å². The number of hydrogen-bond donors (Lipinski definition) is 0. The van der Waals surface area contributed by atoms with Crippen molar-refractivity contribution in [2.75, 3.05) is 26.7 Å². The van der Waals surface area contributed by atoms with E-state index < -0.39 is 7.14 Å². The minimum atomic E-state index is -2.39. The first kappa shape index (κ1) is 27.4. The van der Waals surface area contributed by atoms with Crippen LogP contribution in [-0.4, -0.2) is 45.0 Å². The van der Waals surface area contributed by atoms with E-state index in [4.69, 9.17) is 9.31 Å². The van der Waals surface area contributed by atoms with E-state index in [0.29, 0.717) is 0 Å². The van der Waals surface area contributed by atoms with Crippen LogP contribution in [-0.2, 0) is 13.9 Å². The molecule has 4 aromatic rings. The van der Waals surface area contributed by atoms with Gasteiger partial charge in [-0.05, 0) is 116 Å². The molecule has 0 atom stereocenters. The lowest BCUT2D eigenvalue weighted by Gasteiger charge is -2.32. The van der Waals surface area contributed by atoms with Crippen LogP contribution >= 0.6 is 15.1 Å². The summed E-state index contributed by atoms with van der Waals surface area (Å²) in [5, 5.41) is 4.63. The molecule has 1 aliphatic heterocycles. The smallest absolute Gasteiger partial charge is 0.399 e. The van der Waals surface area contributed by atoms with Crippen LogP contribution in [0.5, 0.6) is 0 Å². The molecule has 196 valence electrons. The molecule has 6 heteroatoms. The summed E-state index contributed by atoms with van der Waals surface area (Å²) >= 11 is 0. The average molecular weight is 542 g/mol. The van der Waals surface area contributed by atoms with Gasteiger partial charge in [-0.3, -0.25) is 0 Å². The van der Waals surface area contributed by atoms with Gasteiger partial charge in [-0.1, -0.05) is 68.6 Å². The van der Waals surface area contributed by atoms with Crippen LogP contribution in [0, 0.1) is 0 Å². The molecule has 0 aliphatic carbocycles. The van der Waals surface area contributed by atoms with E-state index in [-0.39, 0.29) is 26.2 Å². The monoisotopic (exact) mass is 542 g/mol. The van der Waals surface area contributed by atoms with Gasteiger partial charge >= 0.3 is 7.12 Å². The van der Waals surface area contributed by atoms with Crippen molar-refractivity contribution in [1.29, 1.82) is 0 Å². The zero-order chi connectivity index (χ0) is 27.5. The van der Waals surface area contributed by atoms with E-state index in [1.807, 2.05) is 13.3 Å². The molecule has 1 heterocycles. The number of hydrogen-bond acceptors (Lipinski definition) is 3. The molecule has 38 heavy (non-hydrogen) atoms. The SMILES string of the molecule is CP(C)c1cc(-c2ccc(-c3ccc(B4OC(C)(C)C(C)(C)O4)cc3)c3ccccc23)cc(P(C)(C)=O)c1. The predicted octanol–water partition coefficient (Wildman–Crippen LogP) is 7.09. The molecule has 1 fully saturated rings. The molecule has 0 radical (unpaired) electrons. The Hall–Kier alpha value is -2.22. The summed E-state index contributed by atoms with van der Waals surface area (Å²) in [6.07, 6.45) is 0. The van der Waals surface area contributed by atoms with Crippen molar-refractivity contribution in [1.82, 2.24) is 0 Å². The summed E-state index contributed by atoms with van der Waals surface area (Å²) in [6.45, 7) is 16.5. The molecular formula is C32H37BO3P2. The second-order valence-corrected chi connectivity index (χ2v) is 17.4. The normalized spacial score (nSPS) is 16.9. The highest BCUT2D eigenvalue weighted by molar-refractivity contribution is 7.70. The van der Waals surface area contributed by atoms with Crippen LogP contribution in [0.3, 0.4) is 0 Å². The third kappa shape index (κ3) is 5.05. The maximum Gasteiger partial charge on any atom is 0.494 e. The Morgan fingerprint density at radius 1 is 0.711 bits per heavy atom. The van der Waals surface area contributed by atoms with Gasteiger partial charge in [0.15, 0.2) is 0 Å². The molecular weight excluding hydrogens is 505 g/mol. The fourth-order valence-electron chi connectivity index (χ4n) is 4.92. The van der Waals surface area contributed by atoms with Crippen LogP contribution in [0.25, 0.3) is 33.0 Å². The summed E-state index contributed by atoms with van der Waals surface area (Å²) in [4.78, 5) is 0. The van der Waals surface area contributed by atoms with Crippen molar-refractivity contribution in [3.63, 3.8) is 0 Å². The summed E-state index contributed by atoms with van der Waals surface area (Å²) in [6, 6.07) is 28.1. The minimum absolute atomic E-state index is 0.312. The molecule has 1 aliphatic rings. The second-order valence-electron chi connectivity index (χ2n) is 11.9. The predicted molar refractivity (Wildman–Crippen MR) is 168 cm³/mol. The Morgan fingerprint density at radius 2 is 1.24 bits per heavy atom. The Bertz CT molecular complexity index is 1540. The highest BCUT2D eigenvalue weighted by atomic mass is 31.2. The number of rotatable bonds is 5. The number of benzene rings is 4. The van der Waals surface area contributed by atoms with Crippen LogP contribution in [0.4, 0.5) is 0 Å². The van der Waals surface area contributed by atoms with Crippen molar-refractivity contribution in [3.8, 4) is 22.3 Å². The van der Waals surface area contributed by atoms with Gasteiger partial charge in [-0.2, -0.15) is 0 Å². The first-order valence-corrected chi connectivity index (χ1v) is 18.0. The lowest BCUT2D eigenvalue weighted by Crippen LogP contribution is -2.41. The molecule has 0 saturated carbocycles. The summed E-state index contributed by atoms with van der Waals surface area (Å²) in [5.74, 6) is 0. The fourth-order valence-corrected chi connectivity index (χ4v) is 6.72. The number of fused-ring (bicyclic) bond motifs is 1. The van der Waals surface area contributed by atoms with Crippen LogP contribution in [0.1, 0.15) is 27.7 Å². The van der Waals surface area contributed by atoms with Crippen molar-refractivity contribution < 1.29 is 13.9 Å². The van der Waals surface area contributed by atoms with Gasteiger partial charge < -0.3 is 13.9 Å². The van der Waals surface area contributed by atoms with Crippen LogP contribution in [0.15, 0.2) is 78.9 Å². The first-order chi connectivity index (χ1) is 17.8. The zero-order valence-corrected chi connectivity index (χ0v) is 25.5. The highest BCUT2D eigenvalue weighted by Gasteiger charge is 2.51. The summed E-state index contributed by atoms with van der Waals surface area (Å²) < 4.78 is 25.6. The van der Waals surface area contributed by atoms with Crippen LogP contribution < -0.4 is 16.1 Å². The standard InChI is InChI=1S/C32H37BO3P2/c1-31(2)32(3,4)36-33(35-31)24-15-13-22(14-16-24)27-17-18-28(30-12-10-9-11-29(27)30)23-19-25(37(5)6)21-26(20-23)38(7,8)34/h9-21H,1-8H3. The topological polar surface area (TPSA) is 35.5 Å². The zero-order valence-electron chi connectivity index (χ0n) is 23.7. The second kappa shape index (κ2) is 9.76. The van der Waals surface area contributed by atoms with Gasteiger partial charge in [0.1, 0.15) is 7.14 Å². The van der Waals surface area contributed by atoms with Crippen molar-refractivity contribution in [2.45, 2.75) is 38.9 Å². The molecule has 1 saturated heterocycles. The third-order valence-corrected chi connectivity index (χ3v) is 10.8. The minimum Gasteiger partial charge on any atom is -0.399 e. The van der Waals surface area contributed by atoms with Crippen molar-refractivity contribution >= 4 is 49.0 Å². The van der Waals surface area contributed by atoms with Crippen LogP contribution in [0.2, 0.25) is 0 Å². The van der Waals surface area contributed by atoms with Crippen molar-refractivity contribution in [3.05, 3.63) is 78.9 Å². The molecule has 0 bridgehead atoms. The first-order valence-electron chi connectivity index (χ1n) is 13.1. The Morgan fingerprint density at radius 3 is 1.74 bits per heavy atom. The Labute approximate surface area is 229 Å². The lowest BCUT2D eigenvalue weighted by atomic mass is 9.78. The molecule has 3 nitrogen and oxygen atoms in total. The quantitative estimate of drug-likeness (QED) is 0.200. The maximum absolute atomic E-state index is 13.1. The Kier molecular flexibility index (Phi) is 7.03. The van der Waals surface area contributed by atoms with E-state index in [1.165, 1.54) is 27.2 Å². The molecule has 0 N–H and O–H groups in total. The van der Waals surface area contributed by atoms with Gasteiger partial charge in [-0.15, -0.1) is 0 Å². The van der Waals surface area contributed by atoms with E-state index in [0.717, 1.165) is 21.9 Å². The molecule has 0 aromatic heterocycles. The summed E-state index contributed by atoms with van der Waals surface area (Å²) in [7, 11) is -3.07. The van der Waals surface area contributed by atoms with E-state index in [1.54, 1.807) is 0 Å². The molecule has 0 unspecified atom stereocenters. The maximum atomic E-state index is 13.1. The molecule has 0 spiro atoms. The lowest BCUT2D eigenvalue weighted by molar-refractivity contribution is 0.00578. The third-order valence-electron chi connectivity index (χ3n) is 8.02. The van der Waals surface area contributed by atoms with E-state index in [2.05, 4.69) is 120 Å². The molecule has 5 rings (SSSR count). The largest absolute Gasteiger partial charge is 0.494 e. The van der Waals surface area contributed by atoms with E-state index >= 15 is 0 Å². The summed E-state index contributed by atoms with van der Waals surface area (Å²) in [5.41, 5.74) is 4.95. The Balaban J connectivity index is 1.57. The molecule has 4 aromatic carbocycles. The van der Waals surface area contributed by atoms with Gasteiger partial charge in [0.25, 0.3) is 0 Å².